The smallest absolute Gasteiger partial charge is 0.229 e. The molecule has 8 nitrogen and oxygen atoms in total. The van der Waals surface area contributed by atoms with Gasteiger partial charge in [0, 0.05) is 80.7 Å². The SMILES string of the molecule is Cc1cc2cnc(NC(=O)[C@@H]3[C@H](C)[C@H]3c3cnn(C)c3)cc2cc1N1CCN([C@]2(C)CCOC2)CC1. The van der Waals surface area contributed by atoms with E-state index in [2.05, 4.69) is 58.1 Å². The number of amides is 1. The Morgan fingerprint density at radius 3 is 2.64 bits per heavy atom. The van der Waals surface area contributed by atoms with Crippen LogP contribution in [0.5, 0.6) is 0 Å². The molecule has 2 aromatic heterocycles. The van der Waals surface area contributed by atoms with Crippen LogP contribution in [0.1, 0.15) is 37.3 Å². The number of carbonyl (C=O) groups excluding carboxylic acids is 1. The van der Waals surface area contributed by atoms with Crippen LogP contribution >= 0.6 is 0 Å². The molecule has 8 heteroatoms. The molecule has 4 atom stereocenters. The fourth-order valence-electron chi connectivity index (χ4n) is 6.29. The van der Waals surface area contributed by atoms with Gasteiger partial charge in [0.15, 0.2) is 0 Å². The molecule has 1 aromatic carbocycles. The van der Waals surface area contributed by atoms with E-state index >= 15 is 0 Å². The first-order chi connectivity index (χ1) is 17.3. The van der Waals surface area contributed by atoms with E-state index in [0.29, 0.717) is 11.7 Å². The van der Waals surface area contributed by atoms with E-state index in [1.165, 1.54) is 11.3 Å². The number of rotatable bonds is 5. The number of benzene rings is 1. The van der Waals surface area contributed by atoms with E-state index in [-0.39, 0.29) is 23.3 Å². The van der Waals surface area contributed by atoms with Crippen molar-refractivity contribution < 1.29 is 9.53 Å². The van der Waals surface area contributed by atoms with Gasteiger partial charge in [0.25, 0.3) is 0 Å². The molecule has 3 fully saturated rings. The molecule has 6 rings (SSSR count). The number of hydrogen-bond acceptors (Lipinski definition) is 6. The van der Waals surface area contributed by atoms with Crippen molar-refractivity contribution in [1.82, 2.24) is 19.7 Å². The minimum Gasteiger partial charge on any atom is -0.379 e. The average Bonchev–Trinajstić information content (AvgIpc) is 3.15. The summed E-state index contributed by atoms with van der Waals surface area (Å²) in [5, 5.41) is 9.54. The van der Waals surface area contributed by atoms with E-state index in [0.717, 1.165) is 62.1 Å². The van der Waals surface area contributed by atoms with Crippen LogP contribution < -0.4 is 10.2 Å². The van der Waals surface area contributed by atoms with Crippen LogP contribution in [0.25, 0.3) is 10.8 Å². The number of ether oxygens (including phenoxy) is 1. The van der Waals surface area contributed by atoms with Crippen LogP contribution in [0.2, 0.25) is 0 Å². The summed E-state index contributed by atoms with van der Waals surface area (Å²) in [6, 6.07) is 6.48. The highest BCUT2D eigenvalue weighted by Crippen LogP contribution is 2.54. The largest absolute Gasteiger partial charge is 0.379 e. The molecule has 0 bridgehead atoms. The Morgan fingerprint density at radius 2 is 1.94 bits per heavy atom. The molecular formula is C28H36N6O2. The number of aryl methyl sites for hydroxylation is 2. The summed E-state index contributed by atoms with van der Waals surface area (Å²) in [6.07, 6.45) is 6.87. The molecular weight excluding hydrogens is 452 g/mol. The minimum atomic E-state index is -0.0382. The van der Waals surface area contributed by atoms with Crippen LogP contribution in [-0.2, 0) is 16.6 Å². The Labute approximate surface area is 212 Å². The monoisotopic (exact) mass is 488 g/mol. The van der Waals surface area contributed by atoms with Gasteiger partial charge in [0.05, 0.1) is 12.8 Å². The fraction of sp³-hybridized carbons (Fsp3) is 0.536. The van der Waals surface area contributed by atoms with Crippen LogP contribution in [-0.4, -0.2) is 70.5 Å². The lowest BCUT2D eigenvalue weighted by Crippen LogP contribution is -2.56. The highest BCUT2D eigenvalue weighted by Gasteiger charge is 2.53. The first kappa shape index (κ1) is 23.4. The molecule has 190 valence electrons. The standard InChI is InChI=1S/C28H36N6O2/c1-18-11-21-14-29-24(31-27(35)26-19(2)25(26)22-15-30-32(4)16-22)13-20(21)12-23(18)33-6-8-34(9-7-33)28(3)5-10-36-17-28/h11-16,19,25-26H,5-10,17H2,1-4H3,(H,29,31,35)/t19-,25+,26-,28-/m1/s1. The van der Waals surface area contributed by atoms with E-state index < -0.39 is 0 Å². The Bertz CT molecular complexity index is 1290. The molecule has 0 radical (unpaired) electrons. The summed E-state index contributed by atoms with van der Waals surface area (Å²) in [5.41, 5.74) is 3.84. The van der Waals surface area contributed by atoms with Gasteiger partial charge in [-0.05, 0) is 60.9 Å². The normalized spacial score (nSPS) is 28.6. The lowest BCUT2D eigenvalue weighted by atomic mass is 9.97. The maximum absolute atomic E-state index is 13.0. The van der Waals surface area contributed by atoms with Crippen LogP contribution in [0.15, 0.2) is 36.8 Å². The number of pyridine rings is 1. The second-order valence-corrected chi connectivity index (χ2v) is 11.2. The van der Waals surface area contributed by atoms with E-state index in [4.69, 9.17) is 4.74 Å². The van der Waals surface area contributed by atoms with Gasteiger partial charge in [0.1, 0.15) is 5.82 Å². The molecule has 1 saturated carbocycles. The lowest BCUT2D eigenvalue weighted by molar-refractivity contribution is -0.117. The van der Waals surface area contributed by atoms with Gasteiger partial charge < -0.3 is 15.0 Å². The van der Waals surface area contributed by atoms with Crippen LogP contribution in [0.3, 0.4) is 0 Å². The summed E-state index contributed by atoms with van der Waals surface area (Å²) < 4.78 is 7.48. The van der Waals surface area contributed by atoms with Gasteiger partial charge in [-0.3, -0.25) is 14.4 Å². The number of hydrogen-bond donors (Lipinski definition) is 1. The number of nitrogens with one attached hydrogen (secondary N) is 1. The number of fused-ring (bicyclic) bond motifs is 1. The highest BCUT2D eigenvalue weighted by molar-refractivity contribution is 5.97. The summed E-state index contributed by atoms with van der Waals surface area (Å²) >= 11 is 0. The van der Waals surface area contributed by atoms with Crippen molar-refractivity contribution in [2.45, 2.75) is 38.6 Å². The summed E-state index contributed by atoms with van der Waals surface area (Å²) in [6.45, 7) is 12.5. The number of aromatic nitrogens is 3. The van der Waals surface area contributed by atoms with Crippen LogP contribution in [0, 0.1) is 18.8 Å². The first-order valence-corrected chi connectivity index (χ1v) is 13.1. The Morgan fingerprint density at radius 1 is 1.14 bits per heavy atom. The van der Waals surface area contributed by atoms with Crippen molar-refractivity contribution in [2.75, 3.05) is 49.6 Å². The topological polar surface area (TPSA) is 75.5 Å². The lowest BCUT2D eigenvalue weighted by Gasteiger charge is -2.44. The molecule has 2 saturated heterocycles. The van der Waals surface area contributed by atoms with Crippen molar-refractivity contribution in [3.8, 4) is 0 Å². The van der Waals surface area contributed by atoms with Gasteiger partial charge in [-0.25, -0.2) is 4.98 Å². The molecule has 36 heavy (non-hydrogen) atoms. The summed E-state index contributed by atoms with van der Waals surface area (Å²) in [4.78, 5) is 22.7. The number of piperazine rings is 1. The fourth-order valence-corrected chi connectivity index (χ4v) is 6.29. The predicted molar refractivity (Wildman–Crippen MR) is 141 cm³/mol. The van der Waals surface area contributed by atoms with Gasteiger partial charge in [0.2, 0.25) is 5.91 Å². The third-order valence-corrected chi connectivity index (χ3v) is 8.66. The number of carbonyl (C=O) groups is 1. The van der Waals surface area contributed by atoms with Crippen molar-refractivity contribution in [1.29, 1.82) is 0 Å². The maximum atomic E-state index is 13.0. The van der Waals surface area contributed by atoms with Gasteiger partial charge in [-0.1, -0.05) is 6.92 Å². The molecule has 4 heterocycles. The molecule has 3 aromatic rings. The van der Waals surface area contributed by atoms with Gasteiger partial charge >= 0.3 is 0 Å². The minimum absolute atomic E-state index is 0.0380. The van der Waals surface area contributed by atoms with Crippen molar-refractivity contribution in [3.05, 3.63) is 47.9 Å². The van der Waals surface area contributed by atoms with Crippen molar-refractivity contribution in [2.24, 2.45) is 18.9 Å². The summed E-state index contributed by atoms with van der Waals surface area (Å²) in [7, 11) is 1.91. The zero-order valence-corrected chi connectivity index (χ0v) is 21.7. The quantitative estimate of drug-likeness (QED) is 0.592. The molecule has 1 amide bonds. The Balaban J connectivity index is 1.16. The predicted octanol–water partition coefficient (Wildman–Crippen LogP) is 3.57. The third kappa shape index (κ3) is 4.16. The second-order valence-electron chi connectivity index (χ2n) is 11.2. The first-order valence-electron chi connectivity index (χ1n) is 13.1. The maximum Gasteiger partial charge on any atom is 0.229 e. The third-order valence-electron chi connectivity index (χ3n) is 8.66. The van der Waals surface area contributed by atoms with Crippen LogP contribution in [0.4, 0.5) is 11.5 Å². The van der Waals surface area contributed by atoms with E-state index in [1.54, 1.807) is 4.68 Å². The van der Waals surface area contributed by atoms with Crippen molar-refractivity contribution >= 4 is 28.2 Å². The molecule has 1 aliphatic carbocycles. The summed E-state index contributed by atoms with van der Waals surface area (Å²) in [5.74, 6) is 1.15. The molecule has 3 aliphatic rings. The number of nitrogens with zero attached hydrogens (tertiary/aromatic N) is 5. The zero-order valence-electron chi connectivity index (χ0n) is 21.7. The Kier molecular flexibility index (Phi) is 5.76. The van der Waals surface area contributed by atoms with E-state index in [9.17, 15) is 4.79 Å². The van der Waals surface area contributed by atoms with E-state index in [1.807, 2.05) is 31.7 Å². The number of anilines is 2. The Hall–Kier alpha value is -2.97. The van der Waals surface area contributed by atoms with Gasteiger partial charge in [-0.15, -0.1) is 0 Å². The molecule has 2 aliphatic heterocycles. The second kappa shape index (κ2) is 8.85. The van der Waals surface area contributed by atoms with Gasteiger partial charge in [-0.2, -0.15) is 5.10 Å². The molecule has 0 unspecified atom stereocenters. The molecule has 1 N–H and O–H groups in total. The van der Waals surface area contributed by atoms with Crippen molar-refractivity contribution in [3.63, 3.8) is 0 Å². The molecule has 0 spiro atoms. The zero-order chi connectivity index (χ0) is 25.0. The average molecular weight is 489 g/mol. The highest BCUT2D eigenvalue weighted by atomic mass is 16.5.